The van der Waals surface area contributed by atoms with Crippen LogP contribution >= 0.6 is 0 Å². The van der Waals surface area contributed by atoms with E-state index in [0.717, 1.165) is 12.8 Å². The Bertz CT molecular complexity index is 172. The fraction of sp³-hybridized carbons (Fsp3) is 0.938. The summed E-state index contributed by atoms with van der Waals surface area (Å²) >= 11 is 0. The minimum Gasteiger partial charge on any atom is -0.481 e. The SMILES string of the molecule is CCCCCCCCCCCCCC(=O)O.CNC. The number of carboxylic acid groups (broad SMARTS) is 1. The summed E-state index contributed by atoms with van der Waals surface area (Å²) in [5, 5.41) is 11.2. The number of hydrogen-bond acceptors (Lipinski definition) is 2. The zero-order valence-electron chi connectivity index (χ0n) is 13.3. The number of carbonyl (C=O) groups is 1. The van der Waals surface area contributed by atoms with Gasteiger partial charge < -0.3 is 10.4 Å². The average Bonchev–Trinajstić information content (AvgIpc) is 2.36. The first-order valence-corrected chi connectivity index (χ1v) is 7.99. The Kier molecular flexibility index (Phi) is 21.6. The van der Waals surface area contributed by atoms with Crippen molar-refractivity contribution in [2.24, 2.45) is 0 Å². The van der Waals surface area contributed by atoms with Crippen molar-refractivity contribution in [3.8, 4) is 0 Å². The third-order valence-electron chi connectivity index (χ3n) is 2.99. The van der Waals surface area contributed by atoms with E-state index in [9.17, 15) is 4.79 Å². The summed E-state index contributed by atoms with van der Waals surface area (Å²) in [7, 11) is 3.75. The van der Waals surface area contributed by atoms with Crippen molar-refractivity contribution in [2.75, 3.05) is 14.1 Å². The maximum atomic E-state index is 10.3. The average molecular weight is 273 g/mol. The molecule has 0 spiro atoms. The zero-order chi connectivity index (χ0) is 14.8. The van der Waals surface area contributed by atoms with Crippen molar-refractivity contribution >= 4 is 5.97 Å². The van der Waals surface area contributed by atoms with Crippen LogP contribution in [0.5, 0.6) is 0 Å². The van der Waals surface area contributed by atoms with E-state index >= 15 is 0 Å². The number of unbranched alkanes of at least 4 members (excludes halogenated alkanes) is 10. The highest BCUT2D eigenvalue weighted by Gasteiger charge is 1.96. The molecule has 0 aromatic carbocycles. The molecule has 0 aliphatic rings. The van der Waals surface area contributed by atoms with E-state index in [2.05, 4.69) is 12.2 Å². The first kappa shape index (κ1) is 20.7. The van der Waals surface area contributed by atoms with Gasteiger partial charge in [0.2, 0.25) is 0 Å². The van der Waals surface area contributed by atoms with Crippen molar-refractivity contribution in [1.29, 1.82) is 0 Å². The number of carboxylic acids is 1. The Morgan fingerprint density at radius 1 is 0.789 bits per heavy atom. The van der Waals surface area contributed by atoms with E-state index < -0.39 is 5.97 Å². The molecule has 0 bridgehead atoms. The summed E-state index contributed by atoms with van der Waals surface area (Å²) in [4.78, 5) is 10.3. The lowest BCUT2D eigenvalue weighted by molar-refractivity contribution is -0.137. The molecule has 0 atom stereocenters. The summed E-state index contributed by atoms with van der Waals surface area (Å²) in [5.41, 5.74) is 0. The van der Waals surface area contributed by atoms with Gasteiger partial charge in [0.25, 0.3) is 0 Å². The molecule has 3 nitrogen and oxygen atoms in total. The fourth-order valence-electron chi connectivity index (χ4n) is 1.94. The van der Waals surface area contributed by atoms with Gasteiger partial charge in [0, 0.05) is 6.42 Å². The Morgan fingerprint density at radius 2 is 1.11 bits per heavy atom. The highest BCUT2D eigenvalue weighted by molar-refractivity contribution is 5.66. The van der Waals surface area contributed by atoms with Crippen LogP contribution in [0.3, 0.4) is 0 Å². The van der Waals surface area contributed by atoms with Crippen molar-refractivity contribution in [3.63, 3.8) is 0 Å². The van der Waals surface area contributed by atoms with Crippen LogP contribution in [0.25, 0.3) is 0 Å². The third-order valence-corrected chi connectivity index (χ3v) is 2.99. The van der Waals surface area contributed by atoms with Gasteiger partial charge in [-0.05, 0) is 20.5 Å². The number of aliphatic carboxylic acids is 1. The Morgan fingerprint density at radius 3 is 1.42 bits per heavy atom. The molecule has 116 valence electrons. The molecular formula is C16H35NO2. The number of hydrogen-bond donors (Lipinski definition) is 2. The smallest absolute Gasteiger partial charge is 0.303 e. The van der Waals surface area contributed by atoms with E-state index in [0.29, 0.717) is 6.42 Å². The Labute approximate surface area is 120 Å². The first-order valence-electron chi connectivity index (χ1n) is 7.99. The van der Waals surface area contributed by atoms with Gasteiger partial charge in [0.1, 0.15) is 0 Å². The summed E-state index contributed by atoms with van der Waals surface area (Å²) in [6.07, 6.45) is 14.4. The molecule has 0 saturated carbocycles. The Balaban J connectivity index is 0. The van der Waals surface area contributed by atoms with Gasteiger partial charge in [-0.25, -0.2) is 0 Å². The standard InChI is InChI=1S/C14H28O2.C2H7N/c1-2-3-4-5-6-7-8-9-10-11-12-13-14(15)16;1-3-2/h2-13H2,1H3,(H,15,16);3H,1-2H3. The zero-order valence-corrected chi connectivity index (χ0v) is 13.3. The molecule has 0 amide bonds. The molecule has 0 aliphatic heterocycles. The molecule has 0 aromatic rings. The largest absolute Gasteiger partial charge is 0.481 e. The maximum Gasteiger partial charge on any atom is 0.303 e. The second-order valence-corrected chi connectivity index (χ2v) is 5.18. The lowest BCUT2D eigenvalue weighted by atomic mass is 10.1. The lowest BCUT2D eigenvalue weighted by Gasteiger charge is -2.01. The molecule has 0 aliphatic carbocycles. The molecule has 0 saturated heterocycles. The molecule has 0 unspecified atom stereocenters. The van der Waals surface area contributed by atoms with Gasteiger partial charge in [-0.15, -0.1) is 0 Å². The number of nitrogens with one attached hydrogen (secondary N) is 1. The van der Waals surface area contributed by atoms with Crippen LogP contribution < -0.4 is 5.32 Å². The molecule has 2 N–H and O–H groups in total. The quantitative estimate of drug-likeness (QED) is 0.511. The second kappa shape index (κ2) is 19.8. The van der Waals surface area contributed by atoms with Crippen molar-refractivity contribution in [1.82, 2.24) is 5.32 Å². The molecule has 0 heterocycles. The van der Waals surface area contributed by atoms with Gasteiger partial charge in [-0.1, -0.05) is 71.1 Å². The third kappa shape index (κ3) is 26.9. The molecule has 0 rings (SSSR count). The summed E-state index contributed by atoms with van der Waals surface area (Å²) < 4.78 is 0. The first-order chi connectivity index (χ1) is 9.18. The van der Waals surface area contributed by atoms with E-state index in [1.165, 1.54) is 57.8 Å². The molecule has 0 radical (unpaired) electrons. The highest BCUT2D eigenvalue weighted by Crippen LogP contribution is 2.11. The van der Waals surface area contributed by atoms with Crippen LogP contribution in [0.4, 0.5) is 0 Å². The van der Waals surface area contributed by atoms with Crippen LogP contribution in [-0.2, 0) is 4.79 Å². The fourth-order valence-corrected chi connectivity index (χ4v) is 1.94. The van der Waals surface area contributed by atoms with E-state index in [1.807, 2.05) is 14.1 Å². The van der Waals surface area contributed by atoms with Gasteiger partial charge in [-0.2, -0.15) is 0 Å². The molecule has 19 heavy (non-hydrogen) atoms. The van der Waals surface area contributed by atoms with Gasteiger partial charge in [0.05, 0.1) is 0 Å². The molecular weight excluding hydrogens is 238 g/mol. The van der Waals surface area contributed by atoms with Crippen molar-refractivity contribution < 1.29 is 9.90 Å². The number of rotatable bonds is 12. The molecule has 3 heteroatoms. The second-order valence-electron chi connectivity index (χ2n) is 5.18. The predicted molar refractivity (Wildman–Crippen MR) is 83.7 cm³/mol. The molecule has 0 fully saturated rings. The van der Waals surface area contributed by atoms with Crippen LogP contribution in [0, 0.1) is 0 Å². The normalized spacial score (nSPS) is 9.84. The lowest BCUT2D eigenvalue weighted by Crippen LogP contribution is -1.93. The van der Waals surface area contributed by atoms with E-state index in [1.54, 1.807) is 0 Å². The van der Waals surface area contributed by atoms with Crippen molar-refractivity contribution in [3.05, 3.63) is 0 Å². The highest BCUT2D eigenvalue weighted by atomic mass is 16.4. The van der Waals surface area contributed by atoms with E-state index in [4.69, 9.17) is 5.11 Å². The molecule has 0 aromatic heterocycles. The van der Waals surface area contributed by atoms with Gasteiger partial charge in [0.15, 0.2) is 0 Å². The minimum atomic E-state index is -0.657. The van der Waals surface area contributed by atoms with Crippen molar-refractivity contribution in [2.45, 2.75) is 84.0 Å². The summed E-state index contributed by atoms with van der Waals surface area (Å²) in [6.45, 7) is 2.25. The van der Waals surface area contributed by atoms with Crippen LogP contribution in [-0.4, -0.2) is 25.2 Å². The maximum absolute atomic E-state index is 10.3. The summed E-state index contributed by atoms with van der Waals surface area (Å²) in [6, 6.07) is 0. The van der Waals surface area contributed by atoms with Crippen LogP contribution in [0.15, 0.2) is 0 Å². The van der Waals surface area contributed by atoms with Gasteiger partial charge >= 0.3 is 5.97 Å². The summed E-state index contributed by atoms with van der Waals surface area (Å²) in [5.74, 6) is -0.657. The monoisotopic (exact) mass is 273 g/mol. The minimum absolute atomic E-state index is 0.344. The van der Waals surface area contributed by atoms with Crippen LogP contribution in [0.2, 0.25) is 0 Å². The predicted octanol–water partition coefficient (Wildman–Crippen LogP) is 4.61. The Hall–Kier alpha value is -0.570. The van der Waals surface area contributed by atoms with Gasteiger partial charge in [-0.3, -0.25) is 4.79 Å². The topological polar surface area (TPSA) is 49.3 Å². The van der Waals surface area contributed by atoms with E-state index in [-0.39, 0.29) is 0 Å². The van der Waals surface area contributed by atoms with Crippen LogP contribution in [0.1, 0.15) is 84.0 Å².